The van der Waals surface area contributed by atoms with Crippen LogP contribution in [0.5, 0.6) is 17.2 Å². The van der Waals surface area contributed by atoms with Crippen LogP contribution in [0.2, 0.25) is 0 Å². The molecule has 0 spiro atoms. The van der Waals surface area contributed by atoms with E-state index in [1.807, 2.05) is 61.5 Å². The molecule has 32 heavy (non-hydrogen) atoms. The van der Waals surface area contributed by atoms with E-state index < -0.39 is 12.0 Å². The molecule has 0 radical (unpaired) electrons. The lowest BCUT2D eigenvalue weighted by molar-refractivity contribution is 0.0997. The van der Waals surface area contributed by atoms with E-state index in [1.54, 1.807) is 6.07 Å². The Bertz CT molecular complexity index is 1010. The molecular weight excluding hydrogens is 408 g/mol. The van der Waals surface area contributed by atoms with Crippen LogP contribution in [0.1, 0.15) is 34.5 Å². The number of nitrogens with one attached hydrogen (secondary N) is 1. The van der Waals surface area contributed by atoms with Crippen molar-refractivity contribution in [3.8, 4) is 17.2 Å². The second kappa shape index (κ2) is 11.2. The third kappa shape index (κ3) is 6.73. The predicted molar refractivity (Wildman–Crippen MR) is 122 cm³/mol. The van der Waals surface area contributed by atoms with Gasteiger partial charge in [0, 0.05) is 12.6 Å². The molecule has 7 heteroatoms. The third-order valence-corrected chi connectivity index (χ3v) is 4.91. The number of aromatic hydroxyl groups is 1. The Labute approximate surface area is 187 Å². The fourth-order valence-corrected chi connectivity index (χ4v) is 3.04. The van der Waals surface area contributed by atoms with Crippen LogP contribution < -0.4 is 20.5 Å². The highest BCUT2D eigenvalue weighted by Gasteiger charge is 2.12. The Morgan fingerprint density at radius 2 is 1.69 bits per heavy atom. The zero-order chi connectivity index (χ0) is 22.9. The molecule has 0 aliphatic carbocycles. The van der Waals surface area contributed by atoms with Gasteiger partial charge >= 0.3 is 0 Å². The van der Waals surface area contributed by atoms with Gasteiger partial charge in [0.05, 0.1) is 11.7 Å². The fraction of sp³-hybridized carbons (Fsp3) is 0.240. The number of hydrogen-bond donors (Lipinski definition) is 4. The Hall–Kier alpha value is -3.55. The fourth-order valence-electron chi connectivity index (χ4n) is 3.04. The number of benzene rings is 3. The van der Waals surface area contributed by atoms with E-state index in [1.165, 1.54) is 12.1 Å². The van der Waals surface area contributed by atoms with Crippen molar-refractivity contribution in [2.24, 2.45) is 5.73 Å². The standard InChI is InChI=1S/C25H28N2O5/c1-17(15-31-21-11-12-23(28)22(13-21)25(26)30)27-14-24(29)19-7-9-20(10-8-19)32-16-18-5-3-2-4-6-18/h2-13,17,24,27-29H,14-16H2,1H3,(H2,26,30). The molecule has 2 atom stereocenters. The van der Waals surface area contributed by atoms with E-state index in [9.17, 15) is 15.0 Å². The van der Waals surface area contributed by atoms with E-state index >= 15 is 0 Å². The summed E-state index contributed by atoms with van der Waals surface area (Å²) in [6.07, 6.45) is -0.684. The molecule has 0 heterocycles. The summed E-state index contributed by atoms with van der Waals surface area (Å²) in [5, 5.41) is 23.3. The molecule has 3 rings (SSSR count). The zero-order valence-electron chi connectivity index (χ0n) is 17.9. The summed E-state index contributed by atoms with van der Waals surface area (Å²) < 4.78 is 11.4. The van der Waals surface area contributed by atoms with Gasteiger partial charge in [-0.2, -0.15) is 0 Å². The molecule has 0 aliphatic rings. The minimum atomic E-state index is -0.723. The van der Waals surface area contributed by atoms with Crippen LogP contribution in [0.3, 0.4) is 0 Å². The van der Waals surface area contributed by atoms with Crippen LogP contribution in [0.25, 0.3) is 0 Å². The number of phenols is 1. The van der Waals surface area contributed by atoms with Gasteiger partial charge in [0.25, 0.3) is 5.91 Å². The first-order chi connectivity index (χ1) is 15.4. The van der Waals surface area contributed by atoms with Gasteiger partial charge in [-0.25, -0.2) is 0 Å². The SMILES string of the molecule is CC(COc1ccc(O)c(C(N)=O)c1)NCC(O)c1ccc(OCc2ccccc2)cc1. The van der Waals surface area contributed by atoms with E-state index in [2.05, 4.69) is 5.32 Å². The van der Waals surface area contributed by atoms with Crippen LogP contribution in [-0.2, 0) is 6.61 Å². The molecule has 3 aromatic carbocycles. The average molecular weight is 437 g/mol. The Morgan fingerprint density at radius 3 is 2.38 bits per heavy atom. The van der Waals surface area contributed by atoms with Gasteiger partial charge in [-0.3, -0.25) is 4.79 Å². The Morgan fingerprint density at radius 1 is 1.00 bits per heavy atom. The summed E-state index contributed by atoms with van der Waals surface area (Å²) >= 11 is 0. The lowest BCUT2D eigenvalue weighted by Gasteiger charge is -2.18. The summed E-state index contributed by atoms with van der Waals surface area (Å²) in [5.41, 5.74) is 7.11. The van der Waals surface area contributed by atoms with E-state index in [-0.39, 0.29) is 17.4 Å². The van der Waals surface area contributed by atoms with Crippen LogP contribution >= 0.6 is 0 Å². The molecule has 0 saturated carbocycles. The van der Waals surface area contributed by atoms with E-state index in [0.29, 0.717) is 25.5 Å². The highest BCUT2D eigenvalue weighted by Crippen LogP contribution is 2.23. The van der Waals surface area contributed by atoms with Crippen LogP contribution in [0.15, 0.2) is 72.8 Å². The van der Waals surface area contributed by atoms with Crippen molar-refractivity contribution in [3.05, 3.63) is 89.5 Å². The summed E-state index contributed by atoms with van der Waals surface area (Å²) in [5.74, 6) is 0.259. The minimum Gasteiger partial charge on any atom is -0.507 e. The van der Waals surface area contributed by atoms with Crippen LogP contribution in [-0.4, -0.2) is 35.3 Å². The van der Waals surface area contributed by atoms with Gasteiger partial charge in [-0.05, 0) is 48.4 Å². The molecular formula is C25H28N2O5. The Kier molecular flexibility index (Phi) is 8.08. The number of rotatable bonds is 11. The molecule has 0 fully saturated rings. The van der Waals surface area contributed by atoms with Crippen molar-refractivity contribution < 1.29 is 24.5 Å². The van der Waals surface area contributed by atoms with Crippen molar-refractivity contribution in [1.29, 1.82) is 0 Å². The summed E-state index contributed by atoms with van der Waals surface area (Å²) in [7, 11) is 0. The van der Waals surface area contributed by atoms with E-state index in [4.69, 9.17) is 15.2 Å². The molecule has 3 aromatic rings. The quantitative estimate of drug-likeness (QED) is 0.367. The molecule has 2 unspecified atom stereocenters. The number of aliphatic hydroxyl groups is 1. The van der Waals surface area contributed by atoms with Gasteiger partial charge in [0.2, 0.25) is 0 Å². The van der Waals surface area contributed by atoms with Gasteiger partial charge in [-0.15, -0.1) is 0 Å². The van der Waals surface area contributed by atoms with Gasteiger partial charge in [0.15, 0.2) is 0 Å². The maximum atomic E-state index is 11.3. The number of amides is 1. The predicted octanol–water partition coefficient (Wildman–Crippen LogP) is 3.16. The largest absolute Gasteiger partial charge is 0.507 e. The van der Waals surface area contributed by atoms with E-state index in [0.717, 1.165) is 16.9 Å². The smallest absolute Gasteiger partial charge is 0.252 e. The zero-order valence-corrected chi connectivity index (χ0v) is 17.9. The molecule has 1 amide bonds. The van der Waals surface area contributed by atoms with Crippen molar-refractivity contribution in [2.45, 2.75) is 25.7 Å². The van der Waals surface area contributed by atoms with Gasteiger partial charge < -0.3 is 30.7 Å². The number of ether oxygens (including phenoxy) is 2. The first-order valence-electron chi connectivity index (χ1n) is 10.4. The minimum absolute atomic E-state index is 0.00901. The van der Waals surface area contributed by atoms with Crippen molar-refractivity contribution in [2.75, 3.05) is 13.2 Å². The number of carbonyl (C=O) groups excluding carboxylic acids is 1. The van der Waals surface area contributed by atoms with Gasteiger partial charge in [0.1, 0.15) is 30.5 Å². The topological polar surface area (TPSA) is 114 Å². The number of carbonyl (C=O) groups is 1. The van der Waals surface area contributed by atoms with Crippen LogP contribution in [0.4, 0.5) is 0 Å². The normalized spacial score (nSPS) is 12.7. The van der Waals surface area contributed by atoms with Crippen molar-refractivity contribution >= 4 is 5.91 Å². The summed E-state index contributed by atoms with van der Waals surface area (Å²) in [4.78, 5) is 11.3. The molecule has 0 bridgehead atoms. The van der Waals surface area contributed by atoms with Crippen molar-refractivity contribution in [3.63, 3.8) is 0 Å². The number of nitrogens with two attached hydrogens (primary N) is 1. The molecule has 0 aromatic heterocycles. The summed E-state index contributed by atoms with van der Waals surface area (Å²) in [6.45, 7) is 3.06. The molecule has 7 nitrogen and oxygen atoms in total. The average Bonchev–Trinajstić information content (AvgIpc) is 2.81. The van der Waals surface area contributed by atoms with Gasteiger partial charge in [-0.1, -0.05) is 42.5 Å². The maximum absolute atomic E-state index is 11.3. The lowest BCUT2D eigenvalue weighted by Crippen LogP contribution is -2.34. The van der Waals surface area contributed by atoms with Crippen molar-refractivity contribution in [1.82, 2.24) is 5.32 Å². The lowest BCUT2D eigenvalue weighted by atomic mass is 10.1. The number of aliphatic hydroxyl groups excluding tert-OH is 1. The maximum Gasteiger partial charge on any atom is 0.252 e. The third-order valence-electron chi connectivity index (χ3n) is 4.91. The molecule has 0 aliphatic heterocycles. The Balaban J connectivity index is 1.43. The number of primary amides is 1. The molecule has 0 saturated heterocycles. The molecule has 5 N–H and O–H groups in total. The first kappa shape index (κ1) is 23.1. The first-order valence-corrected chi connectivity index (χ1v) is 10.4. The number of hydrogen-bond acceptors (Lipinski definition) is 6. The second-order valence-corrected chi connectivity index (χ2v) is 7.52. The highest BCUT2D eigenvalue weighted by atomic mass is 16.5. The monoisotopic (exact) mass is 436 g/mol. The highest BCUT2D eigenvalue weighted by molar-refractivity contribution is 5.95. The second-order valence-electron chi connectivity index (χ2n) is 7.52. The molecule has 168 valence electrons. The summed E-state index contributed by atoms with van der Waals surface area (Å²) in [6, 6.07) is 21.6. The van der Waals surface area contributed by atoms with Crippen LogP contribution in [0, 0.1) is 0 Å².